The van der Waals surface area contributed by atoms with Crippen molar-refractivity contribution in [2.45, 2.75) is 18.8 Å². The summed E-state index contributed by atoms with van der Waals surface area (Å²) < 4.78 is 43.7. The van der Waals surface area contributed by atoms with Crippen molar-refractivity contribution >= 4 is 28.2 Å². The zero-order chi connectivity index (χ0) is 17.3. The van der Waals surface area contributed by atoms with Gasteiger partial charge in [0.25, 0.3) is 0 Å². The van der Waals surface area contributed by atoms with E-state index in [0.717, 1.165) is 5.39 Å². The maximum atomic E-state index is 12.7. The van der Waals surface area contributed by atoms with Crippen molar-refractivity contribution in [3.05, 3.63) is 41.4 Å². The van der Waals surface area contributed by atoms with E-state index in [1.807, 2.05) is 30.3 Å². The summed E-state index contributed by atoms with van der Waals surface area (Å²) in [5.74, 6) is -0.940. The number of amides is 1. The molecule has 126 valence electrons. The lowest BCUT2D eigenvalue weighted by molar-refractivity contribution is -0.166. The highest BCUT2D eigenvalue weighted by Crippen LogP contribution is 2.30. The molecule has 2 heterocycles. The second-order valence-electron chi connectivity index (χ2n) is 5.05. The molecule has 0 aliphatic heterocycles. The predicted molar refractivity (Wildman–Crippen MR) is 83.2 cm³/mol. The second-order valence-corrected chi connectivity index (χ2v) is 5.91. The molecule has 0 fully saturated rings. The lowest BCUT2D eigenvalue weighted by Crippen LogP contribution is -2.51. The van der Waals surface area contributed by atoms with Gasteiger partial charge in [-0.05, 0) is 12.1 Å². The number of carbonyl (C=O) groups is 1. The number of hydrogen-bond acceptors (Lipinski definition) is 5. The van der Waals surface area contributed by atoms with Crippen LogP contribution >= 0.6 is 11.3 Å². The number of rotatable bonds is 5. The highest BCUT2D eigenvalue weighted by atomic mass is 32.1. The van der Waals surface area contributed by atoms with Gasteiger partial charge in [-0.15, -0.1) is 11.3 Å². The number of aromatic nitrogens is 1. The zero-order valence-electron chi connectivity index (χ0n) is 12.1. The van der Waals surface area contributed by atoms with Crippen molar-refractivity contribution in [1.82, 2.24) is 10.3 Å². The first-order valence-corrected chi connectivity index (χ1v) is 7.75. The summed E-state index contributed by atoms with van der Waals surface area (Å²) >= 11 is 1.24. The van der Waals surface area contributed by atoms with Gasteiger partial charge >= 0.3 is 6.18 Å². The largest absolute Gasteiger partial charge is 0.454 e. The number of benzene rings is 1. The average molecular weight is 355 g/mol. The van der Waals surface area contributed by atoms with E-state index in [4.69, 9.17) is 10.2 Å². The highest BCUT2D eigenvalue weighted by Gasteiger charge is 2.43. The number of furan rings is 1. The Morgan fingerprint density at radius 2 is 2.12 bits per heavy atom. The molecule has 0 radical (unpaired) electrons. The molecule has 1 unspecified atom stereocenters. The molecule has 24 heavy (non-hydrogen) atoms. The molecule has 2 aromatic heterocycles. The van der Waals surface area contributed by atoms with Crippen molar-refractivity contribution in [2.24, 2.45) is 5.73 Å². The van der Waals surface area contributed by atoms with Gasteiger partial charge in [0.1, 0.15) is 5.58 Å². The SMILES string of the molecule is NC(=O)C(NCc1csc(-c2cc3ccccc3o2)n1)C(F)(F)F. The fraction of sp³-hybridized carbons (Fsp3) is 0.200. The topological polar surface area (TPSA) is 81.2 Å². The van der Waals surface area contributed by atoms with Crippen molar-refractivity contribution in [3.8, 4) is 10.8 Å². The Bertz CT molecular complexity index is 839. The van der Waals surface area contributed by atoms with Gasteiger partial charge in [-0.2, -0.15) is 13.2 Å². The minimum atomic E-state index is -4.75. The van der Waals surface area contributed by atoms with Crippen LogP contribution in [0.3, 0.4) is 0 Å². The maximum Gasteiger partial charge on any atom is 0.412 e. The molecule has 9 heteroatoms. The molecule has 0 spiro atoms. The number of primary amides is 1. The molecule has 0 saturated heterocycles. The highest BCUT2D eigenvalue weighted by molar-refractivity contribution is 7.13. The van der Waals surface area contributed by atoms with Gasteiger partial charge in [-0.3, -0.25) is 10.1 Å². The first-order chi connectivity index (χ1) is 11.3. The van der Waals surface area contributed by atoms with Crippen LogP contribution in [0.2, 0.25) is 0 Å². The summed E-state index contributed by atoms with van der Waals surface area (Å²) in [7, 11) is 0. The van der Waals surface area contributed by atoms with Crippen LogP contribution in [0.15, 0.2) is 40.1 Å². The second kappa shape index (κ2) is 6.25. The normalized spacial score (nSPS) is 13.3. The molecule has 0 aliphatic rings. The number of nitrogens with zero attached hydrogens (tertiary/aromatic N) is 1. The van der Waals surface area contributed by atoms with E-state index >= 15 is 0 Å². The molecule has 1 amide bonds. The van der Waals surface area contributed by atoms with E-state index in [1.54, 1.807) is 5.38 Å². The Kier molecular flexibility index (Phi) is 4.29. The Hall–Kier alpha value is -2.39. The Morgan fingerprint density at radius 3 is 2.79 bits per heavy atom. The Labute approximate surface area is 138 Å². The number of hydrogen-bond donors (Lipinski definition) is 2. The molecule has 3 aromatic rings. The van der Waals surface area contributed by atoms with Crippen LogP contribution < -0.4 is 11.1 Å². The van der Waals surface area contributed by atoms with Gasteiger partial charge < -0.3 is 10.2 Å². The van der Waals surface area contributed by atoms with Gasteiger partial charge in [0.2, 0.25) is 5.91 Å². The smallest absolute Gasteiger partial charge is 0.412 e. The first-order valence-electron chi connectivity index (χ1n) is 6.87. The van der Waals surface area contributed by atoms with E-state index < -0.39 is 18.1 Å². The van der Waals surface area contributed by atoms with E-state index in [1.165, 1.54) is 11.3 Å². The fourth-order valence-electron chi connectivity index (χ4n) is 2.17. The number of alkyl halides is 3. The zero-order valence-corrected chi connectivity index (χ0v) is 12.9. The van der Waals surface area contributed by atoms with Crippen LogP contribution in [-0.2, 0) is 11.3 Å². The minimum Gasteiger partial charge on any atom is -0.454 e. The molecule has 1 aromatic carbocycles. The Balaban J connectivity index is 1.74. The Morgan fingerprint density at radius 1 is 1.38 bits per heavy atom. The molecule has 0 aliphatic carbocycles. The molecular formula is C15H12F3N3O2S. The fourth-order valence-corrected chi connectivity index (χ4v) is 2.94. The monoisotopic (exact) mass is 355 g/mol. The van der Waals surface area contributed by atoms with Crippen molar-refractivity contribution in [3.63, 3.8) is 0 Å². The number of fused-ring (bicyclic) bond motifs is 1. The average Bonchev–Trinajstić information content (AvgIpc) is 3.11. The van der Waals surface area contributed by atoms with Gasteiger partial charge in [-0.25, -0.2) is 4.98 Å². The van der Waals surface area contributed by atoms with Crippen LogP contribution in [0.1, 0.15) is 5.69 Å². The number of nitrogens with two attached hydrogens (primary N) is 1. The summed E-state index contributed by atoms with van der Waals surface area (Å²) in [6.07, 6.45) is -4.75. The lowest BCUT2D eigenvalue weighted by atomic mass is 10.2. The molecule has 0 saturated carbocycles. The lowest BCUT2D eigenvalue weighted by Gasteiger charge is -2.17. The predicted octanol–water partition coefficient (Wildman–Crippen LogP) is 3.06. The third kappa shape index (κ3) is 3.41. The van der Waals surface area contributed by atoms with E-state index in [0.29, 0.717) is 22.0 Å². The van der Waals surface area contributed by atoms with E-state index in [2.05, 4.69) is 10.3 Å². The molecule has 1 atom stereocenters. The van der Waals surface area contributed by atoms with Crippen molar-refractivity contribution in [2.75, 3.05) is 0 Å². The van der Waals surface area contributed by atoms with Gasteiger partial charge in [-0.1, -0.05) is 18.2 Å². The van der Waals surface area contributed by atoms with Gasteiger partial charge in [0.05, 0.1) is 5.69 Å². The molecule has 0 bridgehead atoms. The number of thiazole rings is 1. The van der Waals surface area contributed by atoms with Gasteiger partial charge in [0, 0.05) is 17.3 Å². The first kappa shape index (κ1) is 16.5. The quantitative estimate of drug-likeness (QED) is 0.737. The molecule has 3 rings (SSSR count). The molecule has 5 nitrogen and oxygen atoms in total. The van der Waals surface area contributed by atoms with Crippen LogP contribution in [0.25, 0.3) is 21.7 Å². The summed E-state index contributed by atoms with van der Waals surface area (Å²) in [4.78, 5) is 15.1. The van der Waals surface area contributed by atoms with Crippen molar-refractivity contribution < 1.29 is 22.4 Å². The summed E-state index contributed by atoms with van der Waals surface area (Å²) in [5.41, 5.74) is 5.84. The number of halogens is 3. The standard InChI is InChI=1S/C15H12F3N3O2S/c16-15(17,18)12(13(19)22)20-6-9-7-24-14(21-9)11-5-8-3-1-2-4-10(8)23-11/h1-5,7,12,20H,6H2,(H2,19,22). The number of para-hydroxylation sites is 1. The third-order valence-electron chi connectivity index (χ3n) is 3.29. The van der Waals surface area contributed by atoms with Crippen LogP contribution in [-0.4, -0.2) is 23.1 Å². The summed E-state index contributed by atoms with van der Waals surface area (Å²) in [5, 5.41) is 5.14. The minimum absolute atomic E-state index is 0.232. The summed E-state index contributed by atoms with van der Waals surface area (Å²) in [6.45, 7) is -0.232. The van der Waals surface area contributed by atoms with E-state index in [-0.39, 0.29) is 6.54 Å². The maximum absolute atomic E-state index is 12.7. The van der Waals surface area contributed by atoms with Crippen LogP contribution in [0, 0.1) is 0 Å². The van der Waals surface area contributed by atoms with Gasteiger partial charge in [0.15, 0.2) is 16.8 Å². The number of carbonyl (C=O) groups excluding carboxylic acids is 1. The number of nitrogens with one attached hydrogen (secondary N) is 1. The third-order valence-corrected chi connectivity index (χ3v) is 4.19. The van der Waals surface area contributed by atoms with E-state index in [9.17, 15) is 18.0 Å². The summed E-state index contributed by atoms with van der Waals surface area (Å²) in [6, 6.07) is 6.82. The van der Waals surface area contributed by atoms with Crippen molar-refractivity contribution in [1.29, 1.82) is 0 Å². The van der Waals surface area contributed by atoms with Crippen LogP contribution in [0.4, 0.5) is 13.2 Å². The molecule has 3 N–H and O–H groups in total. The van der Waals surface area contributed by atoms with Crippen LogP contribution in [0.5, 0.6) is 0 Å². The molecular weight excluding hydrogens is 343 g/mol.